The fraction of sp³-hybridized carbons (Fsp3) is 0.333. The largest absolute Gasteiger partial charge is 0.327 e. The number of carbonyl (C=O) groups is 2. The Morgan fingerprint density at radius 3 is 2.52 bits per heavy atom. The van der Waals surface area contributed by atoms with Crippen LogP contribution in [0.5, 0.6) is 0 Å². The highest BCUT2D eigenvalue weighted by atomic mass is 19.1. The molecular formula is C21H25FN3O2+. The lowest BCUT2D eigenvalue weighted by Gasteiger charge is -2.32. The van der Waals surface area contributed by atoms with E-state index in [4.69, 9.17) is 0 Å². The number of aryl methyl sites for hydroxylation is 1. The Kier molecular flexibility index (Phi) is 5.86. The minimum Gasteiger partial charge on any atom is -0.327 e. The molecule has 0 atom stereocenters. The van der Waals surface area contributed by atoms with Gasteiger partial charge in [-0.2, -0.15) is 0 Å². The molecule has 0 aromatic heterocycles. The van der Waals surface area contributed by atoms with Gasteiger partial charge >= 0.3 is 0 Å². The number of hydrogen-bond donors (Lipinski definition) is 2. The number of benzene rings is 2. The summed E-state index contributed by atoms with van der Waals surface area (Å²) >= 11 is 0. The first-order valence-corrected chi connectivity index (χ1v) is 9.18. The smallest absolute Gasteiger partial charge is 0.279 e. The Hall–Kier alpha value is -2.73. The van der Waals surface area contributed by atoms with Crippen molar-refractivity contribution in [1.29, 1.82) is 0 Å². The zero-order chi connectivity index (χ0) is 19.4. The number of hydrogen-bond acceptors (Lipinski definition) is 2. The summed E-state index contributed by atoms with van der Waals surface area (Å²) in [4.78, 5) is 27.7. The molecule has 1 saturated heterocycles. The van der Waals surface area contributed by atoms with Crippen molar-refractivity contribution in [2.24, 2.45) is 0 Å². The molecular weight excluding hydrogens is 345 g/mol. The van der Waals surface area contributed by atoms with Gasteiger partial charge in [0.2, 0.25) is 0 Å². The Bertz CT molecular complexity index is 845. The monoisotopic (exact) mass is 370 g/mol. The maximum atomic E-state index is 13.3. The molecule has 0 spiro atoms. The molecule has 1 heterocycles. The number of carbonyl (C=O) groups excluding carboxylic acids is 2. The molecule has 1 aliphatic heterocycles. The maximum Gasteiger partial charge on any atom is 0.279 e. The van der Waals surface area contributed by atoms with Gasteiger partial charge in [0.1, 0.15) is 5.82 Å². The molecule has 2 amide bonds. The molecule has 0 saturated carbocycles. The lowest BCUT2D eigenvalue weighted by molar-refractivity contribution is -0.895. The van der Waals surface area contributed by atoms with Crippen LogP contribution < -0.4 is 10.2 Å². The molecule has 2 aromatic rings. The number of nitrogens with zero attached hydrogens (tertiary/aromatic N) is 1. The average Bonchev–Trinajstić information content (AvgIpc) is 2.65. The van der Waals surface area contributed by atoms with E-state index in [0.29, 0.717) is 38.3 Å². The van der Waals surface area contributed by atoms with Crippen molar-refractivity contribution in [3.05, 3.63) is 65.0 Å². The topological polar surface area (TPSA) is 53.9 Å². The van der Waals surface area contributed by atoms with E-state index in [1.165, 1.54) is 12.1 Å². The molecule has 1 fully saturated rings. The zero-order valence-corrected chi connectivity index (χ0v) is 15.7. The first-order valence-electron chi connectivity index (χ1n) is 9.18. The third-order valence-electron chi connectivity index (χ3n) is 5.12. The fourth-order valence-electron chi connectivity index (χ4n) is 3.31. The summed E-state index contributed by atoms with van der Waals surface area (Å²) in [5, 5.41) is 2.98. The zero-order valence-electron chi connectivity index (χ0n) is 15.7. The normalized spacial score (nSPS) is 14.9. The second-order valence-electron chi connectivity index (χ2n) is 7.02. The van der Waals surface area contributed by atoms with Gasteiger partial charge in [-0.3, -0.25) is 9.59 Å². The molecule has 0 bridgehead atoms. The van der Waals surface area contributed by atoms with E-state index in [-0.39, 0.29) is 11.8 Å². The molecule has 0 radical (unpaired) electrons. The van der Waals surface area contributed by atoms with Gasteiger partial charge in [-0.1, -0.05) is 18.2 Å². The number of quaternary nitrogens is 1. The third-order valence-corrected chi connectivity index (χ3v) is 5.12. The molecule has 0 aliphatic carbocycles. The molecule has 142 valence electrons. The second kappa shape index (κ2) is 8.31. The van der Waals surface area contributed by atoms with E-state index < -0.39 is 5.82 Å². The molecule has 27 heavy (non-hydrogen) atoms. The molecule has 2 aromatic carbocycles. The maximum absolute atomic E-state index is 13.3. The van der Waals surface area contributed by atoms with Crippen molar-refractivity contribution in [3.8, 4) is 0 Å². The van der Waals surface area contributed by atoms with E-state index in [1.807, 2.05) is 32.0 Å². The molecule has 6 heteroatoms. The van der Waals surface area contributed by atoms with E-state index in [1.54, 1.807) is 17.0 Å². The van der Waals surface area contributed by atoms with Crippen molar-refractivity contribution >= 4 is 17.5 Å². The Morgan fingerprint density at radius 2 is 1.81 bits per heavy atom. The van der Waals surface area contributed by atoms with Gasteiger partial charge in [0.15, 0.2) is 6.54 Å². The number of piperazine rings is 1. The number of nitrogens with one attached hydrogen (secondary N) is 2. The van der Waals surface area contributed by atoms with Crippen LogP contribution in [0.4, 0.5) is 10.1 Å². The summed E-state index contributed by atoms with van der Waals surface area (Å²) in [5.41, 5.74) is 3.43. The predicted octanol–water partition coefficient (Wildman–Crippen LogP) is 1.42. The lowest BCUT2D eigenvalue weighted by atomic mass is 10.1. The number of amides is 2. The van der Waals surface area contributed by atoms with Crippen LogP contribution in [-0.2, 0) is 4.79 Å². The van der Waals surface area contributed by atoms with Gasteiger partial charge in [0.25, 0.3) is 11.8 Å². The van der Waals surface area contributed by atoms with Crippen LogP contribution in [0.2, 0.25) is 0 Å². The number of anilines is 1. The van der Waals surface area contributed by atoms with E-state index in [0.717, 1.165) is 21.7 Å². The van der Waals surface area contributed by atoms with Gasteiger partial charge in [0, 0.05) is 11.3 Å². The summed E-state index contributed by atoms with van der Waals surface area (Å²) in [6.07, 6.45) is 0. The summed E-state index contributed by atoms with van der Waals surface area (Å²) in [5.74, 6) is -0.592. The molecule has 2 N–H and O–H groups in total. The first kappa shape index (κ1) is 19.0. The summed E-state index contributed by atoms with van der Waals surface area (Å²) in [7, 11) is 0. The quantitative estimate of drug-likeness (QED) is 0.855. The SMILES string of the molecule is Cc1cccc(NC(=O)C[NH+]2CCN(C(=O)c3cccc(F)c3)CC2)c1C. The summed E-state index contributed by atoms with van der Waals surface area (Å²) in [6, 6.07) is 11.6. The Morgan fingerprint density at radius 1 is 1.11 bits per heavy atom. The van der Waals surface area contributed by atoms with Crippen molar-refractivity contribution in [2.75, 3.05) is 38.0 Å². The Labute approximate surface area is 158 Å². The van der Waals surface area contributed by atoms with Crippen molar-refractivity contribution < 1.29 is 18.9 Å². The van der Waals surface area contributed by atoms with Gasteiger partial charge in [-0.15, -0.1) is 0 Å². The fourth-order valence-corrected chi connectivity index (χ4v) is 3.31. The first-order chi connectivity index (χ1) is 12.9. The van der Waals surface area contributed by atoms with Crippen LogP contribution in [0.25, 0.3) is 0 Å². The van der Waals surface area contributed by atoms with Crippen LogP contribution >= 0.6 is 0 Å². The lowest BCUT2D eigenvalue weighted by Crippen LogP contribution is -3.15. The van der Waals surface area contributed by atoms with Crippen LogP contribution in [-0.4, -0.2) is 49.4 Å². The highest BCUT2D eigenvalue weighted by Crippen LogP contribution is 2.17. The van der Waals surface area contributed by atoms with Crippen LogP contribution in [0.3, 0.4) is 0 Å². The van der Waals surface area contributed by atoms with Gasteiger partial charge in [0.05, 0.1) is 26.2 Å². The highest BCUT2D eigenvalue weighted by molar-refractivity contribution is 5.94. The van der Waals surface area contributed by atoms with Crippen molar-refractivity contribution in [1.82, 2.24) is 4.90 Å². The predicted molar refractivity (Wildman–Crippen MR) is 102 cm³/mol. The van der Waals surface area contributed by atoms with E-state index in [2.05, 4.69) is 5.32 Å². The molecule has 0 unspecified atom stereocenters. The van der Waals surface area contributed by atoms with Crippen LogP contribution in [0, 0.1) is 19.7 Å². The standard InChI is InChI=1S/C21H24FN3O2/c1-15-5-3-8-19(16(15)2)23-20(26)14-24-9-11-25(12-10-24)21(27)17-6-4-7-18(22)13-17/h3-8,13H,9-12,14H2,1-2H3,(H,23,26)/p+1. The van der Waals surface area contributed by atoms with Gasteiger partial charge in [-0.25, -0.2) is 4.39 Å². The van der Waals surface area contributed by atoms with Gasteiger partial charge in [-0.05, 0) is 49.2 Å². The minimum absolute atomic E-state index is 0.0244. The van der Waals surface area contributed by atoms with Gasteiger partial charge < -0.3 is 15.1 Å². The summed E-state index contributed by atoms with van der Waals surface area (Å²) < 4.78 is 13.3. The van der Waals surface area contributed by atoms with E-state index in [9.17, 15) is 14.0 Å². The molecule has 3 rings (SSSR count). The van der Waals surface area contributed by atoms with Crippen molar-refractivity contribution in [2.45, 2.75) is 13.8 Å². The minimum atomic E-state index is -0.409. The van der Waals surface area contributed by atoms with E-state index >= 15 is 0 Å². The summed E-state index contributed by atoms with van der Waals surface area (Å²) in [6.45, 7) is 6.89. The van der Waals surface area contributed by atoms with Crippen molar-refractivity contribution in [3.63, 3.8) is 0 Å². The second-order valence-corrected chi connectivity index (χ2v) is 7.02. The third kappa shape index (κ3) is 4.71. The number of rotatable bonds is 4. The molecule has 1 aliphatic rings. The average molecular weight is 370 g/mol. The van der Waals surface area contributed by atoms with Crippen LogP contribution in [0.15, 0.2) is 42.5 Å². The molecule has 5 nitrogen and oxygen atoms in total. The Balaban J connectivity index is 1.51. The van der Waals surface area contributed by atoms with Crippen LogP contribution in [0.1, 0.15) is 21.5 Å². The number of halogens is 1. The highest BCUT2D eigenvalue weighted by Gasteiger charge is 2.26.